The standard InChI is InChI=1S/C20H23ClN4O4S/c1-15-2-8-18(9-3-15)30(28,29)25-12-10-24(11-13-25)14-19(26)22-23-20(27)16-4-6-17(21)7-5-16/h2-9H,10-14H2,1H3,(H,22,26)(H,23,27)/p+1. The summed E-state index contributed by atoms with van der Waals surface area (Å²) in [6, 6.07) is 13.1. The molecule has 2 aromatic carbocycles. The highest BCUT2D eigenvalue weighted by molar-refractivity contribution is 7.89. The van der Waals surface area contributed by atoms with Crippen LogP contribution in [0.5, 0.6) is 0 Å². The molecule has 0 aliphatic carbocycles. The fraction of sp³-hybridized carbons (Fsp3) is 0.300. The molecule has 1 saturated heterocycles. The summed E-state index contributed by atoms with van der Waals surface area (Å²) in [6.45, 7) is 3.71. The molecule has 1 aliphatic heterocycles. The second-order valence-electron chi connectivity index (χ2n) is 7.15. The molecule has 8 nitrogen and oxygen atoms in total. The summed E-state index contributed by atoms with van der Waals surface area (Å²) in [7, 11) is -3.53. The maximum absolute atomic E-state index is 12.7. The summed E-state index contributed by atoms with van der Waals surface area (Å²) in [4.78, 5) is 25.4. The number of nitrogens with one attached hydrogen (secondary N) is 3. The van der Waals surface area contributed by atoms with Crippen molar-refractivity contribution in [1.82, 2.24) is 15.2 Å². The Morgan fingerprint density at radius 1 is 1.00 bits per heavy atom. The van der Waals surface area contributed by atoms with Gasteiger partial charge in [0.25, 0.3) is 11.8 Å². The van der Waals surface area contributed by atoms with E-state index in [1.165, 1.54) is 4.31 Å². The number of piperazine rings is 1. The third kappa shape index (κ3) is 5.57. The van der Waals surface area contributed by atoms with Gasteiger partial charge in [-0.3, -0.25) is 20.4 Å². The minimum absolute atomic E-state index is 0.138. The zero-order valence-electron chi connectivity index (χ0n) is 16.5. The number of nitrogens with zero attached hydrogens (tertiary/aromatic N) is 1. The van der Waals surface area contributed by atoms with Gasteiger partial charge in [-0.2, -0.15) is 4.31 Å². The molecule has 1 fully saturated rings. The average Bonchev–Trinajstić information content (AvgIpc) is 2.73. The van der Waals surface area contributed by atoms with Gasteiger partial charge >= 0.3 is 0 Å². The minimum Gasteiger partial charge on any atom is -0.325 e. The van der Waals surface area contributed by atoms with E-state index in [1.807, 2.05) is 6.92 Å². The molecule has 0 unspecified atom stereocenters. The molecular formula is C20H24ClN4O4S+. The smallest absolute Gasteiger partial charge is 0.293 e. The molecule has 0 spiro atoms. The van der Waals surface area contributed by atoms with Crippen LogP contribution in [0, 0.1) is 6.92 Å². The molecule has 0 bridgehead atoms. The van der Waals surface area contributed by atoms with Crippen LogP contribution in [0.1, 0.15) is 15.9 Å². The topological polar surface area (TPSA) is 100 Å². The van der Waals surface area contributed by atoms with E-state index in [9.17, 15) is 18.0 Å². The summed E-state index contributed by atoms with van der Waals surface area (Å²) < 4.78 is 26.9. The van der Waals surface area contributed by atoms with Crippen LogP contribution < -0.4 is 15.8 Å². The van der Waals surface area contributed by atoms with Gasteiger partial charge in [-0.05, 0) is 43.3 Å². The number of sulfonamides is 1. The van der Waals surface area contributed by atoms with Crippen molar-refractivity contribution in [3.8, 4) is 0 Å². The highest BCUT2D eigenvalue weighted by Gasteiger charge is 2.31. The summed E-state index contributed by atoms with van der Waals surface area (Å²) in [5.74, 6) is -0.786. The van der Waals surface area contributed by atoms with Crippen molar-refractivity contribution in [1.29, 1.82) is 0 Å². The molecule has 3 rings (SSSR count). The second kappa shape index (κ2) is 9.57. The lowest BCUT2D eigenvalue weighted by Gasteiger charge is -2.31. The number of aryl methyl sites for hydroxylation is 1. The molecule has 0 radical (unpaired) electrons. The molecule has 2 aromatic rings. The van der Waals surface area contributed by atoms with Crippen LogP contribution in [0.4, 0.5) is 0 Å². The van der Waals surface area contributed by atoms with Gasteiger partial charge in [0.2, 0.25) is 10.0 Å². The molecular weight excluding hydrogens is 428 g/mol. The molecule has 1 aliphatic rings. The second-order valence-corrected chi connectivity index (χ2v) is 9.53. The third-order valence-corrected chi connectivity index (χ3v) is 7.09. The van der Waals surface area contributed by atoms with Crippen molar-refractivity contribution in [2.45, 2.75) is 11.8 Å². The van der Waals surface area contributed by atoms with Gasteiger partial charge in [-0.1, -0.05) is 29.3 Å². The molecule has 0 aromatic heterocycles. The van der Waals surface area contributed by atoms with Crippen LogP contribution in [0.25, 0.3) is 0 Å². The van der Waals surface area contributed by atoms with Gasteiger partial charge in [0.1, 0.15) is 0 Å². The van der Waals surface area contributed by atoms with Crippen LogP contribution in [0.2, 0.25) is 5.02 Å². The van der Waals surface area contributed by atoms with Gasteiger partial charge in [0.05, 0.1) is 31.1 Å². The van der Waals surface area contributed by atoms with Gasteiger partial charge in [-0.15, -0.1) is 0 Å². The van der Waals surface area contributed by atoms with Crippen LogP contribution in [-0.2, 0) is 14.8 Å². The number of rotatable bonds is 5. The largest absolute Gasteiger partial charge is 0.325 e. The molecule has 30 heavy (non-hydrogen) atoms. The molecule has 0 atom stereocenters. The predicted octanol–water partition coefficient (Wildman–Crippen LogP) is -0.00118. The van der Waals surface area contributed by atoms with E-state index in [-0.39, 0.29) is 17.3 Å². The normalized spacial score (nSPS) is 15.5. The maximum atomic E-state index is 12.7. The van der Waals surface area contributed by atoms with Crippen molar-refractivity contribution in [2.24, 2.45) is 0 Å². The number of carbonyl (C=O) groups is 2. The number of halogens is 1. The third-order valence-electron chi connectivity index (χ3n) is 4.92. The summed E-state index contributed by atoms with van der Waals surface area (Å²) in [5.41, 5.74) is 6.13. The SMILES string of the molecule is Cc1ccc(S(=O)(=O)N2CC[NH+](CC(=O)NNC(=O)c3ccc(Cl)cc3)CC2)cc1. The highest BCUT2D eigenvalue weighted by Crippen LogP contribution is 2.16. The van der Waals surface area contributed by atoms with Crippen molar-refractivity contribution in [3.05, 3.63) is 64.7 Å². The van der Waals surface area contributed by atoms with Gasteiger partial charge < -0.3 is 4.90 Å². The number of benzene rings is 2. The predicted molar refractivity (Wildman–Crippen MR) is 113 cm³/mol. The molecule has 1 heterocycles. The summed E-state index contributed by atoms with van der Waals surface area (Å²) in [5, 5.41) is 0.516. The first kappa shape index (κ1) is 22.2. The number of hydrogen-bond acceptors (Lipinski definition) is 4. The van der Waals surface area contributed by atoms with Gasteiger partial charge in [0.15, 0.2) is 6.54 Å². The first-order valence-corrected chi connectivity index (χ1v) is 11.3. The Kier molecular flexibility index (Phi) is 7.09. The Hall–Kier alpha value is -2.46. The first-order chi connectivity index (χ1) is 14.3. The minimum atomic E-state index is -3.53. The zero-order chi connectivity index (χ0) is 21.7. The van der Waals surface area contributed by atoms with Crippen molar-refractivity contribution in [2.75, 3.05) is 32.7 Å². The number of amides is 2. The highest BCUT2D eigenvalue weighted by atomic mass is 35.5. The van der Waals surface area contributed by atoms with Crippen LogP contribution in [-0.4, -0.2) is 57.3 Å². The van der Waals surface area contributed by atoms with Crippen molar-refractivity contribution >= 4 is 33.4 Å². The van der Waals surface area contributed by atoms with E-state index in [1.54, 1.807) is 48.5 Å². The molecule has 2 amide bonds. The Morgan fingerprint density at radius 2 is 1.60 bits per heavy atom. The quantitative estimate of drug-likeness (QED) is 0.557. The van der Waals surface area contributed by atoms with E-state index >= 15 is 0 Å². The number of hydrogen-bond donors (Lipinski definition) is 3. The average molecular weight is 452 g/mol. The first-order valence-electron chi connectivity index (χ1n) is 9.51. The van der Waals surface area contributed by atoms with E-state index < -0.39 is 15.9 Å². The summed E-state index contributed by atoms with van der Waals surface area (Å²) >= 11 is 5.79. The zero-order valence-corrected chi connectivity index (χ0v) is 18.1. The lowest BCUT2D eigenvalue weighted by atomic mass is 10.2. The number of hydrazine groups is 1. The summed E-state index contributed by atoms with van der Waals surface area (Å²) in [6.07, 6.45) is 0. The number of carbonyl (C=O) groups excluding carboxylic acids is 2. The van der Waals surface area contributed by atoms with Crippen LogP contribution >= 0.6 is 11.6 Å². The van der Waals surface area contributed by atoms with E-state index in [0.717, 1.165) is 10.5 Å². The van der Waals surface area contributed by atoms with Crippen molar-refractivity contribution < 1.29 is 22.9 Å². The maximum Gasteiger partial charge on any atom is 0.293 e. The Morgan fingerprint density at radius 3 is 2.20 bits per heavy atom. The monoisotopic (exact) mass is 451 g/mol. The number of quaternary nitrogens is 1. The molecule has 3 N–H and O–H groups in total. The molecule has 160 valence electrons. The van der Waals surface area contributed by atoms with E-state index in [2.05, 4.69) is 10.9 Å². The molecule has 10 heteroatoms. The Balaban J connectivity index is 1.46. The van der Waals surface area contributed by atoms with E-state index in [4.69, 9.17) is 11.6 Å². The van der Waals surface area contributed by atoms with Gasteiger partial charge in [0, 0.05) is 10.6 Å². The fourth-order valence-electron chi connectivity index (χ4n) is 3.15. The Bertz CT molecular complexity index is 1000. The lowest BCUT2D eigenvalue weighted by molar-refractivity contribution is -0.895. The van der Waals surface area contributed by atoms with Gasteiger partial charge in [-0.25, -0.2) is 8.42 Å². The van der Waals surface area contributed by atoms with Crippen LogP contribution in [0.3, 0.4) is 0 Å². The van der Waals surface area contributed by atoms with E-state index in [0.29, 0.717) is 36.8 Å². The van der Waals surface area contributed by atoms with Crippen LogP contribution in [0.15, 0.2) is 53.4 Å². The fourth-order valence-corrected chi connectivity index (χ4v) is 4.72. The van der Waals surface area contributed by atoms with Crippen molar-refractivity contribution in [3.63, 3.8) is 0 Å². The lowest BCUT2D eigenvalue weighted by Crippen LogP contribution is -3.16. The molecule has 0 saturated carbocycles. The Labute approximate surface area is 180 Å².